The minimum atomic E-state index is 0.229. The molecular weight excluding hydrogens is 262 g/mol. The number of ether oxygens (including phenoxy) is 1. The van der Waals surface area contributed by atoms with Gasteiger partial charge in [-0.2, -0.15) is 0 Å². The fraction of sp³-hybridized carbons (Fsp3) is 0.333. The van der Waals surface area contributed by atoms with E-state index in [1.54, 1.807) is 0 Å². The molecule has 112 valence electrons. The number of aliphatic hydroxyl groups is 1. The van der Waals surface area contributed by atoms with E-state index < -0.39 is 0 Å². The molecule has 2 N–H and O–H groups in total. The van der Waals surface area contributed by atoms with Gasteiger partial charge >= 0.3 is 0 Å². The van der Waals surface area contributed by atoms with Crippen molar-refractivity contribution in [2.24, 2.45) is 0 Å². The third kappa shape index (κ3) is 5.58. The molecule has 0 aliphatic carbocycles. The molecule has 0 fully saturated rings. The minimum Gasteiger partial charge on any atom is -0.489 e. The van der Waals surface area contributed by atoms with Crippen LogP contribution in [0.5, 0.6) is 5.75 Å². The largest absolute Gasteiger partial charge is 0.489 e. The topological polar surface area (TPSA) is 41.5 Å². The summed E-state index contributed by atoms with van der Waals surface area (Å²) in [5.74, 6) is 0.887. The fourth-order valence-electron chi connectivity index (χ4n) is 2.15. The van der Waals surface area contributed by atoms with Crippen LogP contribution in [0.15, 0.2) is 48.5 Å². The summed E-state index contributed by atoms with van der Waals surface area (Å²) in [6, 6.07) is 16.5. The van der Waals surface area contributed by atoms with Crippen molar-refractivity contribution in [3.63, 3.8) is 0 Å². The average Bonchev–Trinajstić information content (AvgIpc) is 2.50. The predicted octanol–water partition coefficient (Wildman–Crippen LogP) is 3.05. The van der Waals surface area contributed by atoms with E-state index in [4.69, 9.17) is 9.84 Å². The lowest BCUT2D eigenvalue weighted by atomic mass is 10.1. The Bertz CT molecular complexity index is 554. The molecule has 0 bridgehead atoms. The molecule has 0 spiro atoms. The number of hydrogen-bond donors (Lipinski definition) is 2. The molecule has 0 amide bonds. The Labute approximate surface area is 126 Å². The number of aryl methyl sites for hydroxylation is 1. The number of benzene rings is 2. The van der Waals surface area contributed by atoms with Crippen LogP contribution in [0.25, 0.3) is 0 Å². The van der Waals surface area contributed by atoms with Crippen molar-refractivity contribution in [1.29, 1.82) is 0 Å². The van der Waals surface area contributed by atoms with Gasteiger partial charge in [-0.3, -0.25) is 0 Å². The number of rotatable bonds is 8. The van der Waals surface area contributed by atoms with Crippen molar-refractivity contribution >= 4 is 0 Å². The van der Waals surface area contributed by atoms with Gasteiger partial charge in [0, 0.05) is 13.2 Å². The molecule has 0 saturated carbocycles. The van der Waals surface area contributed by atoms with Crippen LogP contribution < -0.4 is 10.1 Å². The lowest BCUT2D eigenvalue weighted by molar-refractivity contribution is 0.286. The molecule has 0 heterocycles. The number of aliphatic hydroxyl groups excluding tert-OH is 1. The van der Waals surface area contributed by atoms with Gasteiger partial charge < -0.3 is 15.2 Å². The summed E-state index contributed by atoms with van der Waals surface area (Å²) in [6.45, 7) is 4.52. The first-order valence-electron chi connectivity index (χ1n) is 7.37. The molecule has 0 unspecified atom stereocenters. The van der Waals surface area contributed by atoms with Crippen LogP contribution >= 0.6 is 0 Å². The second kappa shape index (κ2) is 8.45. The molecule has 2 aromatic carbocycles. The first kappa shape index (κ1) is 15.5. The molecule has 0 saturated heterocycles. The summed E-state index contributed by atoms with van der Waals surface area (Å²) in [5, 5.41) is 12.0. The first-order valence-corrected chi connectivity index (χ1v) is 7.37. The monoisotopic (exact) mass is 285 g/mol. The summed E-state index contributed by atoms with van der Waals surface area (Å²) in [7, 11) is 0. The number of nitrogens with one attached hydrogen (secondary N) is 1. The highest BCUT2D eigenvalue weighted by Gasteiger charge is 1.99. The minimum absolute atomic E-state index is 0.229. The second-order valence-corrected chi connectivity index (χ2v) is 5.18. The molecule has 0 aliphatic heterocycles. The highest BCUT2D eigenvalue weighted by atomic mass is 16.5. The second-order valence-electron chi connectivity index (χ2n) is 5.18. The highest BCUT2D eigenvalue weighted by molar-refractivity contribution is 5.29. The molecule has 0 aromatic heterocycles. The third-order valence-electron chi connectivity index (χ3n) is 3.23. The molecule has 3 nitrogen and oxygen atoms in total. The molecular formula is C18H23NO2. The Morgan fingerprint density at radius 1 is 1.05 bits per heavy atom. The van der Waals surface area contributed by atoms with E-state index in [1.807, 2.05) is 12.1 Å². The third-order valence-corrected chi connectivity index (χ3v) is 3.23. The quantitative estimate of drug-likeness (QED) is 0.733. The van der Waals surface area contributed by atoms with Crippen LogP contribution in [0, 0.1) is 6.92 Å². The van der Waals surface area contributed by atoms with Crippen molar-refractivity contribution in [1.82, 2.24) is 5.32 Å². The van der Waals surface area contributed by atoms with E-state index in [2.05, 4.69) is 48.6 Å². The SMILES string of the molecule is Cc1cccc(COc2cccc(CNCCCO)c2)c1. The van der Waals surface area contributed by atoms with Gasteiger partial charge in [0.05, 0.1) is 0 Å². The molecule has 0 aliphatic rings. The van der Waals surface area contributed by atoms with Crippen molar-refractivity contribution in [3.8, 4) is 5.75 Å². The molecule has 3 heteroatoms. The van der Waals surface area contributed by atoms with E-state index in [0.717, 1.165) is 25.3 Å². The van der Waals surface area contributed by atoms with E-state index in [0.29, 0.717) is 6.61 Å². The molecule has 21 heavy (non-hydrogen) atoms. The fourth-order valence-corrected chi connectivity index (χ4v) is 2.15. The van der Waals surface area contributed by atoms with Crippen molar-refractivity contribution in [3.05, 3.63) is 65.2 Å². The van der Waals surface area contributed by atoms with Gasteiger partial charge in [0.25, 0.3) is 0 Å². The van der Waals surface area contributed by atoms with E-state index in [9.17, 15) is 0 Å². The maximum absolute atomic E-state index is 8.75. The normalized spacial score (nSPS) is 10.6. The Balaban J connectivity index is 1.86. The lowest BCUT2D eigenvalue weighted by Crippen LogP contribution is -2.15. The van der Waals surface area contributed by atoms with Crippen LogP contribution in [-0.2, 0) is 13.2 Å². The smallest absolute Gasteiger partial charge is 0.120 e. The Morgan fingerprint density at radius 2 is 1.86 bits per heavy atom. The van der Waals surface area contributed by atoms with E-state index >= 15 is 0 Å². The van der Waals surface area contributed by atoms with Crippen molar-refractivity contribution in [2.45, 2.75) is 26.5 Å². The maximum Gasteiger partial charge on any atom is 0.120 e. The zero-order chi connectivity index (χ0) is 14.9. The van der Waals surface area contributed by atoms with Gasteiger partial charge in [-0.1, -0.05) is 42.0 Å². The Morgan fingerprint density at radius 3 is 2.67 bits per heavy atom. The van der Waals surface area contributed by atoms with Crippen LogP contribution in [-0.4, -0.2) is 18.3 Å². The van der Waals surface area contributed by atoms with E-state index in [-0.39, 0.29) is 6.61 Å². The molecule has 2 aromatic rings. The summed E-state index contributed by atoms with van der Waals surface area (Å²) in [6.07, 6.45) is 0.781. The van der Waals surface area contributed by atoms with Gasteiger partial charge in [-0.25, -0.2) is 0 Å². The standard InChI is InChI=1S/C18H23NO2/c1-15-5-2-7-17(11-15)14-21-18-8-3-6-16(12-18)13-19-9-4-10-20/h2-3,5-8,11-12,19-20H,4,9-10,13-14H2,1H3. The van der Waals surface area contributed by atoms with Gasteiger partial charge in [0.1, 0.15) is 12.4 Å². The van der Waals surface area contributed by atoms with Crippen LogP contribution in [0.1, 0.15) is 23.1 Å². The highest BCUT2D eigenvalue weighted by Crippen LogP contribution is 2.15. The number of hydrogen-bond acceptors (Lipinski definition) is 3. The maximum atomic E-state index is 8.75. The van der Waals surface area contributed by atoms with E-state index in [1.165, 1.54) is 16.7 Å². The first-order chi connectivity index (χ1) is 10.3. The molecule has 0 atom stereocenters. The predicted molar refractivity (Wildman–Crippen MR) is 85.4 cm³/mol. The molecule has 0 radical (unpaired) electrons. The summed E-state index contributed by atoms with van der Waals surface area (Å²) >= 11 is 0. The summed E-state index contributed by atoms with van der Waals surface area (Å²) in [5.41, 5.74) is 3.62. The summed E-state index contributed by atoms with van der Waals surface area (Å²) in [4.78, 5) is 0. The van der Waals surface area contributed by atoms with Crippen LogP contribution in [0.4, 0.5) is 0 Å². The molecule has 2 rings (SSSR count). The Kier molecular flexibility index (Phi) is 6.25. The summed E-state index contributed by atoms with van der Waals surface area (Å²) < 4.78 is 5.85. The van der Waals surface area contributed by atoms with Crippen LogP contribution in [0.2, 0.25) is 0 Å². The zero-order valence-corrected chi connectivity index (χ0v) is 12.5. The lowest BCUT2D eigenvalue weighted by Gasteiger charge is -2.09. The van der Waals surface area contributed by atoms with Crippen LogP contribution in [0.3, 0.4) is 0 Å². The van der Waals surface area contributed by atoms with Gasteiger partial charge in [-0.15, -0.1) is 0 Å². The average molecular weight is 285 g/mol. The van der Waals surface area contributed by atoms with Gasteiger partial charge in [0.2, 0.25) is 0 Å². The van der Waals surface area contributed by atoms with Crippen molar-refractivity contribution < 1.29 is 9.84 Å². The zero-order valence-electron chi connectivity index (χ0n) is 12.5. The van der Waals surface area contributed by atoms with Gasteiger partial charge in [0.15, 0.2) is 0 Å². The van der Waals surface area contributed by atoms with Crippen molar-refractivity contribution in [2.75, 3.05) is 13.2 Å². The Hall–Kier alpha value is -1.84. The van der Waals surface area contributed by atoms with Gasteiger partial charge in [-0.05, 0) is 43.1 Å².